The van der Waals surface area contributed by atoms with Crippen LogP contribution in [0.15, 0.2) is 42.5 Å². The average Bonchev–Trinajstić information content (AvgIpc) is 2.60. The fourth-order valence-electron chi connectivity index (χ4n) is 4.22. The summed E-state index contributed by atoms with van der Waals surface area (Å²) in [7, 11) is 0. The molecule has 1 fully saturated rings. The molecule has 140 valence electrons. The van der Waals surface area contributed by atoms with Crippen molar-refractivity contribution >= 4 is 34.8 Å². The molecule has 0 saturated heterocycles. The van der Waals surface area contributed by atoms with Crippen LogP contribution in [-0.2, 0) is 21.4 Å². The highest BCUT2D eigenvalue weighted by molar-refractivity contribution is 6.30. The molecule has 2 aromatic carbocycles. The van der Waals surface area contributed by atoms with Crippen molar-refractivity contribution in [2.24, 2.45) is 0 Å². The first-order valence-corrected chi connectivity index (χ1v) is 9.86. The highest BCUT2D eigenvalue weighted by Gasteiger charge is 2.45. The van der Waals surface area contributed by atoms with Crippen molar-refractivity contribution in [3.63, 3.8) is 0 Å². The summed E-state index contributed by atoms with van der Waals surface area (Å²) < 4.78 is 0. The lowest BCUT2D eigenvalue weighted by Gasteiger charge is -2.41. The minimum absolute atomic E-state index is 0.0233. The monoisotopic (exact) mass is 382 g/mol. The first kappa shape index (κ1) is 18.1. The van der Waals surface area contributed by atoms with Crippen molar-refractivity contribution in [1.82, 2.24) is 0 Å². The molecule has 1 aliphatic heterocycles. The summed E-state index contributed by atoms with van der Waals surface area (Å²) in [6.07, 6.45) is 4.57. The number of nitrogens with zero attached hydrogens (tertiary/aromatic N) is 1. The fraction of sp³-hybridized carbons (Fsp3) is 0.364. The number of anilines is 2. The van der Waals surface area contributed by atoms with Crippen LogP contribution in [0.3, 0.4) is 0 Å². The normalized spacial score (nSPS) is 17.6. The summed E-state index contributed by atoms with van der Waals surface area (Å²) in [5.74, 6) is 0.0808. The first-order valence-electron chi connectivity index (χ1n) is 9.48. The number of aryl methyl sites for hydroxylation is 1. The van der Waals surface area contributed by atoms with E-state index in [1.807, 2.05) is 47.4 Å². The number of carbonyl (C=O) groups is 2. The molecule has 27 heavy (non-hydrogen) atoms. The molecule has 1 heterocycles. The number of fused-ring (bicyclic) bond motifs is 1. The molecule has 0 atom stereocenters. The molecule has 4 nitrogen and oxygen atoms in total. The number of carbonyl (C=O) groups excluding carboxylic acids is 2. The van der Waals surface area contributed by atoms with E-state index < -0.39 is 5.41 Å². The lowest BCUT2D eigenvalue weighted by molar-refractivity contribution is -0.124. The van der Waals surface area contributed by atoms with E-state index in [0.717, 1.165) is 61.2 Å². The lowest BCUT2D eigenvalue weighted by atomic mass is 9.64. The van der Waals surface area contributed by atoms with Gasteiger partial charge in [0.15, 0.2) is 0 Å². The average molecular weight is 383 g/mol. The topological polar surface area (TPSA) is 49.4 Å². The molecule has 0 bridgehead atoms. The van der Waals surface area contributed by atoms with Gasteiger partial charge in [-0.25, -0.2) is 0 Å². The van der Waals surface area contributed by atoms with Gasteiger partial charge in [0, 0.05) is 29.9 Å². The molecule has 2 aliphatic rings. The van der Waals surface area contributed by atoms with Gasteiger partial charge in [0.05, 0.1) is 5.41 Å². The maximum atomic E-state index is 13.2. The van der Waals surface area contributed by atoms with Gasteiger partial charge in [-0.1, -0.05) is 30.2 Å². The Morgan fingerprint density at radius 1 is 1.11 bits per heavy atom. The summed E-state index contributed by atoms with van der Waals surface area (Å²) in [6, 6.07) is 13.5. The van der Waals surface area contributed by atoms with Gasteiger partial charge in [0.2, 0.25) is 11.8 Å². The van der Waals surface area contributed by atoms with Gasteiger partial charge in [0.25, 0.3) is 0 Å². The standard InChI is InChI=1S/C22H23ClN2O2/c1-15(26)25-12-3-5-16-13-19(8-9-20(16)25)24-21(27)22(10-4-11-22)17-6-2-7-18(23)14-17/h2,6-9,13-14H,3-5,10-12H2,1H3,(H,24,27). The molecule has 2 amide bonds. The smallest absolute Gasteiger partial charge is 0.235 e. The Morgan fingerprint density at radius 3 is 2.59 bits per heavy atom. The third-order valence-electron chi connectivity index (χ3n) is 5.86. The van der Waals surface area contributed by atoms with Crippen LogP contribution in [0.5, 0.6) is 0 Å². The minimum atomic E-state index is -0.494. The Morgan fingerprint density at radius 2 is 1.93 bits per heavy atom. The van der Waals surface area contributed by atoms with Crippen molar-refractivity contribution in [2.75, 3.05) is 16.8 Å². The van der Waals surface area contributed by atoms with Crippen molar-refractivity contribution in [3.05, 3.63) is 58.6 Å². The van der Waals surface area contributed by atoms with E-state index in [-0.39, 0.29) is 11.8 Å². The SMILES string of the molecule is CC(=O)N1CCCc2cc(NC(=O)C3(c4cccc(Cl)c4)CCC3)ccc21. The van der Waals surface area contributed by atoms with Crippen molar-refractivity contribution < 1.29 is 9.59 Å². The van der Waals surface area contributed by atoms with Crippen molar-refractivity contribution in [2.45, 2.75) is 44.4 Å². The number of hydrogen-bond donors (Lipinski definition) is 1. The predicted octanol–water partition coefficient (Wildman–Crippen LogP) is 4.70. The zero-order chi connectivity index (χ0) is 19.0. The van der Waals surface area contributed by atoms with Crippen LogP contribution >= 0.6 is 11.6 Å². The minimum Gasteiger partial charge on any atom is -0.325 e. The van der Waals surface area contributed by atoms with Crippen molar-refractivity contribution in [1.29, 1.82) is 0 Å². The molecule has 0 radical (unpaired) electrons. The van der Waals surface area contributed by atoms with Gasteiger partial charge in [-0.3, -0.25) is 9.59 Å². The third kappa shape index (κ3) is 3.23. The number of benzene rings is 2. The van der Waals surface area contributed by atoms with Gasteiger partial charge >= 0.3 is 0 Å². The molecule has 4 rings (SSSR count). The Kier molecular flexibility index (Phi) is 4.68. The van der Waals surface area contributed by atoms with Gasteiger partial charge in [-0.2, -0.15) is 0 Å². The van der Waals surface area contributed by atoms with Crippen LogP contribution < -0.4 is 10.2 Å². The molecular formula is C22H23ClN2O2. The summed E-state index contributed by atoms with van der Waals surface area (Å²) in [5, 5.41) is 3.77. The van der Waals surface area contributed by atoms with Gasteiger partial charge in [0.1, 0.15) is 0 Å². The molecule has 0 unspecified atom stereocenters. The molecule has 2 aromatic rings. The Bertz CT molecular complexity index is 905. The molecule has 1 N–H and O–H groups in total. The number of amides is 2. The fourth-order valence-corrected chi connectivity index (χ4v) is 4.41. The van der Waals surface area contributed by atoms with E-state index in [2.05, 4.69) is 5.32 Å². The highest BCUT2D eigenvalue weighted by atomic mass is 35.5. The summed E-state index contributed by atoms with van der Waals surface area (Å²) in [4.78, 5) is 26.8. The zero-order valence-corrected chi connectivity index (χ0v) is 16.2. The maximum absolute atomic E-state index is 13.2. The zero-order valence-electron chi connectivity index (χ0n) is 15.4. The van der Waals surface area contributed by atoms with E-state index in [1.165, 1.54) is 0 Å². The summed E-state index contributed by atoms with van der Waals surface area (Å²) in [5.41, 5.74) is 3.35. The summed E-state index contributed by atoms with van der Waals surface area (Å²) in [6.45, 7) is 2.35. The number of rotatable bonds is 3. The summed E-state index contributed by atoms with van der Waals surface area (Å²) >= 11 is 6.15. The first-order chi connectivity index (χ1) is 13.0. The lowest BCUT2D eigenvalue weighted by Crippen LogP contribution is -2.46. The second kappa shape index (κ2) is 7.01. The molecule has 1 saturated carbocycles. The van der Waals surface area contributed by atoms with Crippen LogP contribution in [0.1, 0.15) is 43.7 Å². The molecule has 0 spiro atoms. The Labute approximate surface area is 164 Å². The highest BCUT2D eigenvalue weighted by Crippen LogP contribution is 2.45. The molecular weight excluding hydrogens is 360 g/mol. The van der Waals surface area contributed by atoms with Crippen molar-refractivity contribution in [3.8, 4) is 0 Å². The molecule has 5 heteroatoms. The Hall–Kier alpha value is -2.33. The van der Waals surface area contributed by atoms with E-state index in [1.54, 1.807) is 6.92 Å². The van der Waals surface area contributed by atoms with Crippen LogP contribution in [0.4, 0.5) is 11.4 Å². The van der Waals surface area contributed by atoms with Gasteiger partial charge in [-0.15, -0.1) is 0 Å². The van der Waals surface area contributed by atoms with Gasteiger partial charge in [-0.05, 0) is 67.1 Å². The van der Waals surface area contributed by atoms with E-state index >= 15 is 0 Å². The quantitative estimate of drug-likeness (QED) is 0.836. The van der Waals surface area contributed by atoms with Crippen LogP contribution in [0, 0.1) is 0 Å². The molecule has 1 aliphatic carbocycles. The van der Waals surface area contributed by atoms with Crippen LogP contribution in [0.2, 0.25) is 5.02 Å². The number of nitrogens with one attached hydrogen (secondary N) is 1. The third-order valence-corrected chi connectivity index (χ3v) is 6.09. The van der Waals surface area contributed by atoms with E-state index in [0.29, 0.717) is 5.02 Å². The van der Waals surface area contributed by atoms with Gasteiger partial charge < -0.3 is 10.2 Å². The maximum Gasteiger partial charge on any atom is 0.235 e. The van der Waals surface area contributed by atoms with Crippen LogP contribution in [-0.4, -0.2) is 18.4 Å². The Balaban J connectivity index is 1.59. The van der Waals surface area contributed by atoms with Crippen LogP contribution in [0.25, 0.3) is 0 Å². The molecule has 0 aromatic heterocycles. The number of halogens is 1. The predicted molar refractivity (Wildman–Crippen MR) is 108 cm³/mol. The largest absolute Gasteiger partial charge is 0.325 e. The van der Waals surface area contributed by atoms with E-state index in [9.17, 15) is 9.59 Å². The second-order valence-corrected chi connectivity index (χ2v) is 7.95. The van der Waals surface area contributed by atoms with E-state index in [4.69, 9.17) is 11.6 Å². The second-order valence-electron chi connectivity index (χ2n) is 7.52. The number of hydrogen-bond acceptors (Lipinski definition) is 2.